The first-order chi connectivity index (χ1) is 33.2. The number of unbranched alkanes of at least 4 members (excludes halogenated alkanes) is 2. The number of para-hydroxylation sites is 2. The molecule has 2 nitrogen and oxygen atoms in total. The van der Waals surface area contributed by atoms with Gasteiger partial charge < -0.3 is 9.80 Å². The Hall–Kier alpha value is -7.68. The van der Waals surface area contributed by atoms with Gasteiger partial charge in [0.2, 0.25) is 0 Å². The van der Waals surface area contributed by atoms with Gasteiger partial charge in [-0.2, -0.15) is 0 Å². The Labute approximate surface area is 396 Å². The van der Waals surface area contributed by atoms with Crippen molar-refractivity contribution in [1.29, 1.82) is 0 Å². The average Bonchev–Trinajstić information content (AvgIpc) is 3.66. The predicted octanol–water partition coefficient (Wildman–Crippen LogP) is 18.0. The van der Waals surface area contributed by atoms with Gasteiger partial charge in [0.05, 0.1) is 11.4 Å². The molecule has 0 aliphatic heterocycles. The smallest absolute Gasteiger partial charge is 0.0540 e. The fourth-order valence-corrected chi connectivity index (χ4v) is 11.0. The lowest BCUT2D eigenvalue weighted by molar-refractivity contribution is 0.407. The van der Waals surface area contributed by atoms with Gasteiger partial charge in [0.15, 0.2) is 0 Å². The number of fused-ring (bicyclic) bond motifs is 5. The van der Waals surface area contributed by atoms with Crippen LogP contribution in [0.5, 0.6) is 0 Å². The van der Waals surface area contributed by atoms with Crippen molar-refractivity contribution in [2.45, 2.75) is 56.8 Å². The normalized spacial score (nSPS) is 12.5. The summed E-state index contributed by atoms with van der Waals surface area (Å²) in [5.74, 6) is 0. The maximum atomic E-state index is 2.58. The van der Waals surface area contributed by atoms with Gasteiger partial charge >= 0.3 is 0 Å². The van der Waals surface area contributed by atoms with Crippen molar-refractivity contribution < 1.29 is 0 Å². The molecule has 10 aromatic rings. The standard InChI is InChI=1S/C65H56N2/c1-5-23-49(24-6-1)27-17-19-45-65(46-20-18-28-50-25-7-2-8-26-50)61-47-55(66(53-33-9-3-10-34-53)63-39-21-31-51-29-13-15-37-57(51)63)41-43-59(61)60-44-42-56(48-62(60)65)67(54-35-11-4-12-36-54)64-40-22-32-52-30-14-16-38-58(52)64/h1-16,21-26,29-44,47-48H,17-20,27-28,45-46H2. The van der Waals surface area contributed by atoms with E-state index in [9.17, 15) is 0 Å². The second-order valence-corrected chi connectivity index (χ2v) is 18.3. The monoisotopic (exact) mass is 864 g/mol. The van der Waals surface area contributed by atoms with Crippen molar-refractivity contribution >= 4 is 55.7 Å². The fraction of sp³-hybridized carbons (Fsp3) is 0.138. The topological polar surface area (TPSA) is 6.48 Å². The quantitative estimate of drug-likeness (QED) is 0.0893. The number of hydrogen-bond acceptors (Lipinski definition) is 2. The molecule has 326 valence electrons. The molecule has 0 heterocycles. The largest absolute Gasteiger partial charge is 0.310 e. The van der Waals surface area contributed by atoms with Crippen LogP contribution in [0, 0.1) is 0 Å². The Kier molecular flexibility index (Phi) is 11.9. The van der Waals surface area contributed by atoms with Crippen LogP contribution in [0.25, 0.3) is 32.7 Å². The predicted molar refractivity (Wildman–Crippen MR) is 285 cm³/mol. The molecule has 0 N–H and O–H groups in total. The van der Waals surface area contributed by atoms with E-state index in [4.69, 9.17) is 0 Å². The van der Waals surface area contributed by atoms with Gasteiger partial charge in [-0.05, 0) is 143 Å². The summed E-state index contributed by atoms with van der Waals surface area (Å²) in [6, 6.07) is 89.9. The van der Waals surface area contributed by atoms with Crippen molar-refractivity contribution in [3.8, 4) is 11.1 Å². The van der Waals surface area contributed by atoms with Gasteiger partial charge in [0.1, 0.15) is 0 Å². The third-order valence-electron chi connectivity index (χ3n) is 14.2. The summed E-state index contributed by atoms with van der Waals surface area (Å²) >= 11 is 0. The SMILES string of the molecule is c1ccc(CCCCC2(CCCCc3ccccc3)c3cc(N(c4ccccc4)c4cccc5ccccc45)ccc3-c3ccc(N(c4ccccc4)c4cccc5ccccc45)cc32)cc1. The molecule has 10 aromatic carbocycles. The van der Waals surface area contributed by atoms with E-state index < -0.39 is 0 Å². The third kappa shape index (κ3) is 8.41. The minimum absolute atomic E-state index is 0.216. The highest BCUT2D eigenvalue weighted by molar-refractivity contribution is 6.01. The lowest BCUT2D eigenvalue weighted by atomic mass is 9.70. The van der Waals surface area contributed by atoms with E-state index in [1.54, 1.807) is 0 Å². The van der Waals surface area contributed by atoms with Crippen LogP contribution >= 0.6 is 0 Å². The van der Waals surface area contributed by atoms with Gasteiger partial charge in [-0.1, -0.05) is 195 Å². The molecular weight excluding hydrogens is 809 g/mol. The number of anilines is 6. The first kappa shape index (κ1) is 42.0. The Bertz CT molecular complexity index is 3020. The van der Waals surface area contributed by atoms with E-state index in [0.717, 1.165) is 62.7 Å². The summed E-state index contributed by atoms with van der Waals surface area (Å²) < 4.78 is 0. The number of benzene rings is 10. The van der Waals surface area contributed by atoms with Gasteiger partial charge in [0.25, 0.3) is 0 Å². The lowest BCUT2D eigenvalue weighted by Crippen LogP contribution is -2.26. The summed E-state index contributed by atoms with van der Waals surface area (Å²) in [6.07, 6.45) is 8.81. The van der Waals surface area contributed by atoms with Crippen LogP contribution < -0.4 is 9.80 Å². The van der Waals surface area contributed by atoms with Crippen LogP contribution in [0.2, 0.25) is 0 Å². The van der Waals surface area contributed by atoms with Gasteiger partial charge in [-0.25, -0.2) is 0 Å². The minimum Gasteiger partial charge on any atom is -0.310 e. The molecular formula is C65H56N2. The maximum absolute atomic E-state index is 2.58. The van der Waals surface area contributed by atoms with Gasteiger partial charge in [0, 0.05) is 38.9 Å². The molecule has 0 atom stereocenters. The molecule has 67 heavy (non-hydrogen) atoms. The summed E-state index contributed by atoms with van der Waals surface area (Å²) in [4.78, 5) is 4.98. The number of rotatable bonds is 16. The van der Waals surface area contributed by atoms with E-state index in [-0.39, 0.29) is 5.41 Å². The molecule has 0 bridgehead atoms. The maximum Gasteiger partial charge on any atom is 0.0540 e. The summed E-state index contributed by atoms with van der Waals surface area (Å²) in [6.45, 7) is 0. The molecule has 2 heteroatoms. The fourth-order valence-electron chi connectivity index (χ4n) is 11.0. The van der Waals surface area contributed by atoms with E-state index in [2.05, 4.69) is 252 Å². The third-order valence-corrected chi connectivity index (χ3v) is 14.2. The Balaban J connectivity index is 1.09. The second kappa shape index (κ2) is 19.0. The highest BCUT2D eigenvalue weighted by Gasteiger charge is 2.43. The van der Waals surface area contributed by atoms with Crippen molar-refractivity contribution in [2.24, 2.45) is 0 Å². The Morgan fingerprint density at radius 3 is 1.10 bits per heavy atom. The zero-order valence-electron chi connectivity index (χ0n) is 38.1. The number of aryl methyl sites for hydroxylation is 2. The summed E-state index contributed by atoms with van der Waals surface area (Å²) in [7, 11) is 0. The van der Waals surface area contributed by atoms with Crippen LogP contribution in [0.15, 0.2) is 243 Å². The van der Waals surface area contributed by atoms with E-state index in [1.165, 1.54) is 77.7 Å². The summed E-state index contributed by atoms with van der Waals surface area (Å²) in [5, 5.41) is 4.96. The van der Waals surface area contributed by atoms with Crippen molar-refractivity contribution in [1.82, 2.24) is 0 Å². The van der Waals surface area contributed by atoms with Crippen molar-refractivity contribution in [3.05, 3.63) is 265 Å². The number of hydrogen-bond donors (Lipinski definition) is 0. The number of nitrogens with zero attached hydrogens (tertiary/aromatic N) is 2. The molecule has 0 spiro atoms. The van der Waals surface area contributed by atoms with Gasteiger partial charge in [-0.3, -0.25) is 0 Å². The van der Waals surface area contributed by atoms with Crippen molar-refractivity contribution in [2.75, 3.05) is 9.80 Å². The molecule has 1 aliphatic carbocycles. The highest BCUT2D eigenvalue weighted by atomic mass is 15.1. The van der Waals surface area contributed by atoms with E-state index in [1.807, 2.05) is 0 Å². The molecule has 0 saturated heterocycles. The van der Waals surface area contributed by atoms with E-state index in [0.29, 0.717) is 0 Å². The first-order valence-corrected chi connectivity index (χ1v) is 24.3. The van der Waals surface area contributed by atoms with Crippen molar-refractivity contribution in [3.63, 3.8) is 0 Å². The van der Waals surface area contributed by atoms with Gasteiger partial charge in [-0.15, -0.1) is 0 Å². The lowest BCUT2D eigenvalue weighted by Gasteiger charge is -2.35. The van der Waals surface area contributed by atoms with Crippen LogP contribution in [0.4, 0.5) is 34.1 Å². The van der Waals surface area contributed by atoms with Crippen LogP contribution in [-0.4, -0.2) is 0 Å². The minimum atomic E-state index is -0.216. The summed E-state index contributed by atoms with van der Waals surface area (Å²) in [5.41, 5.74) is 15.3. The highest BCUT2D eigenvalue weighted by Crippen LogP contribution is 2.57. The average molecular weight is 865 g/mol. The zero-order chi connectivity index (χ0) is 44.8. The second-order valence-electron chi connectivity index (χ2n) is 18.3. The molecule has 1 aliphatic rings. The molecule has 11 rings (SSSR count). The molecule has 0 amide bonds. The Morgan fingerprint density at radius 2 is 0.672 bits per heavy atom. The zero-order valence-corrected chi connectivity index (χ0v) is 38.1. The molecule has 0 unspecified atom stereocenters. The van der Waals surface area contributed by atoms with E-state index >= 15 is 0 Å². The molecule has 0 saturated carbocycles. The van der Waals surface area contributed by atoms with Crippen LogP contribution in [0.3, 0.4) is 0 Å². The molecule has 0 radical (unpaired) electrons. The van der Waals surface area contributed by atoms with Crippen LogP contribution in [0.1, 0.15) is 60.8 Å². The first-order valence-electron chi connectivity index (χ1n) is 24.3. The molecule has 0 aromatic heterocycles. The molecule has 0 fully saturated rings. The Morgan fingerprint density at radius 1 is 0.299 bits per heavy atom. The van der Waals surface area contributed by atoms with Crippen LogP contribution in [-0.2, 0) is 18.3 Å².